The average Bonchev–Trinajstić information content (AvgIpc) is 2.72. The average molecular weight is 557 g/mol. The molecule has 1 atom stereocenters. The molecule has 0 aliphatic rings. The fourth-order valence-electron chi connectivity index (χ4n) is 3.20. The number of amides is 2. The summed E-state index contributed by atoms with van der Waals surface area (Å²) in [6, 6.07) is 13.9. The molecule has 1 N–H and O–H groups in total. The van der Waals surface area contributed by atoms with Gasteiger partial charge in [0.05, 0.1) is 11.9 Å². The zero-order chi connectivity index (χ0) is 23.2. The second kappa shape index (κ2) is 10.9. The first kappa shape index (κ1) is 25.1. The second-order valence-corrected chi connectivity index (χ2v) is 10.4. The Morgan fingerprint density at radius 3 is 2.13 bits per heavy atom. The lowest BCUT2D eigenvalue weighted by atomic mass is 10.1. The van der Waals surface area contributed by atoms with Crippen LogP contribution < -0.4 is 9.62 Å². The summed E-state index contributed by atoms with van der Waals surface area (Å²) in [7, 11) is -2.19. The SMILES string of the molecule is CC[C@H](C(=O)NC)N(Cc1ccc(C)cc1)C(=O)CN(c1ccc(I)cc1)S(C)(=O)=O. The van der Waals surface area contributed by atoms with Crippen LogP contribution in [-0.4, -0.2) is 51.0 Å². The van der Waals surface area contributed by atoms with E-state index in [1.807, 2.05) is 38.1 Å². The number of hydrogen-bond acceptors (Lipinski definition) is 4. The van der Waals surface area contributed by atoms with Crippen LogP contribution in [-0.2, 0) is 26.2 Å². The standard InChI is InChI=1S/C22H28IN3O4S/c1-5-20(22(28)24-3)25(14-17-8-6-16(2)7-9-17)21(27)15-26(31(4,29)30)19-12-10-18(23)11-13-19/h6-13,20H,5,14-15H2,1-4H3,(H,24,28)/t20-/m1/s1. The van der Waals surface area contributed by atoms with Gasteiger partial charge in [-0.15, -0.1) is 0 Å². The van der Waals surface area contributed by atoms with Crippen molar-refractivity contribution in [1.29, 1.82) is 0 Å². The minimum Gasteiger partial charge on any atom is -0.357 e. The predicted octanol–water partition coefficient (Wildman–Crippen LogP) is 2.92. The zero-order valence-corrected chi connectivity index (χ0v) is 21.1. The highest BCUT2D eigenvalue weighted by Gasteiger charge is 2.31. The maximum Gasteiger partial charge on any atom is 0.244 e. The quantitative estimate of drug-likeness (QED) is 0.481. The molecule has 0 spiro atoms. The largest absolute Gasteiger partial charge is 0.357 e. The van der Waals surface area contributed by atoms with Crippen LogP contribution in [0.4, 0.5) is 5.69 Å². The van der Waals surface area contributed by atoms with Crippen LogP contribution in [0.3, 0.4) is 0 Å². The molecule has 2 aromatic carbocycles. The van der Waals surface area contributed by atoms with Crippen molar-refractivity contribution >= 4 is 50.1 Å². The normalized spacial score (nSPS) is 12.2. The first-order chi connectivity index (χ1) is 14.6. The molecule has 9 heteroatoms. The molecule has 31 heavy (non-hydrogen) atoms. The Morgan fingerprint density at radius 2 is 1.65 bits per heavy atom. The number of likely N-dealkylation sites (N-methyl/N-ethyl adjacent to an activating group) is 1. The van der Waals surface area contributed by atoms with Crippen LogP contribution in [0.15, 0.2) is 48.5 Å². The minimum atomic E-state index is -3.71. The number of nitrogens with one attached hydrogen (secondary N) is 1. The third-order valence-corrected chi connectivity index (χ3v) is 6.76. The van der Waals surface area contributed by atoms with Gasteiger partial charge in [0.15, 0.2) is 0 Å². The number of hydrogen-bond donors (Lipinski definition) is 1. The maximum atomic E-state index is 13.4. The van der Waals surface area contributed by atoms with E-state index in [1.54, 1.807) is 24.3 Å². The highest BCUT2D eigenvalue weighted by Crippen LogP contribution is 2.21. The van der Waals surface area contributed by atoms with E-state index in [1.165, 1.54) is 11.9 Å². The summed E-state index contributed by atoms with van der Waals surface area (Å²) in [5.41, 5.74) is 2.35. The number of nitrogens with zero attached hydrogens (tertiary/aromatic N) is 2. The van der Waals surface area contributed by atoms with Crippen LogP contribution in [0, 0.1) is 10.5 Å². The third-order valence-electron chi connectivity index (χ3n) is 4.90. The van der Waals surface area contributed by atoms with Crippen molar-refractivity contribution in [3.63, 3.8) is 0 Å². The molecule has 2 aromatic rings. The Morgan fingerprint density at radius 1 is 1.06 bits per heavy atom. The summed E-state index contributed by atoms with van der Waals surface area (Å²) in [5.74, 6) is -0.733. The van der Waals surface area contributed by atoms with Crippen LogP contribution in [0.1, 0.15) is 24.5 Å². The van der Waals surface area contributed by atoms with E-state index in [0.717, 1.165) is 25.3 Å². The summed E-state index contributed by atoms with van der Waals surface area (Å²) in [6.45, 7) is 3.61. The summed E-state index contributed by atoms with van der Waals surface area (Å²) in [5, 5.41) is 2.60. The highest BCUT2D eigenvalue weighted by molar-refractivity contribution is 14.1. The van der Waals surface area contributed by atoms with E-state index in [2.05, 4.69) is 27.9 Å². The molecule has 0 saturated heterocycles. The number of rotatable bonds is 9. The number of carbonyl (C=O) groups excluding carboxylic acids is 2. The first-order valence-electron chi connectivity index (χ1n) is 9.86. The third kappa shape index (κ3) is 6.93. The van der Waals surface area contributed by atoms with Gasteiger partial charge in [0.2, 0.25) is 21.8 Å². The lowest BCUT2D eigenvalue weighted by Gasteiger charge is -2.32. The van der Waals surface area contributed by atoms with E-state index in [0.29, 0.717) is 12.1 Å². The van der Waals surface area contributed by atoms with Crippen molar-refractivity contribution in [2.75, 3.05) is 24.2 Å². The van der Waals surface area contributed by atoms with Crippen LogP contribution in [0.5, 0.6) is 0 Å². The number of aryl methyl sites for hydroxylation is 1. The molecule has 0 unspecified atom stereocenters. The van der Waals surface area contributed by atoms with Crippen molar-refractivity contribution in [3.05, 3.63) is 63.2 Å². The smallest absolute Gasteiger partial charge is 0.244 e. The van der Waals surface area contributed by atoms with Gasteiger partial charge in [0, 0.05) is 17.2 Å². The minimum absolute atomic E-state index is 0.204. The summed E-state index contributed by atoms with van der Waals surface area (Å²) in [6.07, 6.45) is 1.47. The molecule has 0 radical (unpaired) electrons. The number of anilines is 1. The van der Waals surface area contributed by atoms with Gasteiger partial charge >= 0.3 is 0 Å². The van der Waals surface area contributed by atoms with Gasteiger partial charge in [-0.05, 0) is 65.8 Å². The molecule has 0 aromatic heterocycles. The van der Waals surface area contributed by atoms with E-state index in [-0.39, 0.29) is 12.5 Å². The topological polar surface area (TPSA) is 86.8 Å². The van der Waals surface area contributed by atoms with Crippen LogP contribution in [0.2, 0.25) is 0 Å². The molecular weight excluding hydrogens is 529 g/mol. The summed E-state index contributed by atoms with van der Waals surface area (Å²) < 4.78 is 27.0. The van der Waals surface area contributed by atoms with Gasteiger partial charge < -0.3 is 10.2 Å². The first-order valence-corrected chi connectivity index (χ1v) is 12.8. The predicted molar refractivity (Wildman–Crippen MR) is 131 cm³/mol. The molecule has 0 bridgehead atoms. The van der Waals surface area contributed by atoms with Crippen molar-refractivity contribution in [2.24, 2.45) is 0 Å². The second-order valence-electron chi connectivity index (χ2n) is 7.29. The molecule has 0 fully saturated rings. The molecular formula is C22H28IN3O4S. The van der Waals surface area contributed by atoms with Gasteiger partial charge in [-0.25, -0.2) is 8.42 Å². The maximum absolute atomic E-state index is 13.4. The van der Waals surface area contributed by atoms with Crippen molar-refractivity contribution in [2.45, 2.75) is 32.9 Å². The number of sulfonamides is 1. The van der Waals surface area contributed by atoms with Gasteiger partial charge in [-0.2, -0.15) is 0 Å². The number of halogens is 1. The Labute approximate surface area is 198 Å². The fourth-order valence-corrected chi connectivity index (χ4v) is 4.41. The van der Waals surface area contributed by atoms with E-state index >= 15 is 0 Å². The van der Waals surface area contributed by atoms with E-state index in [4.69, 9.17) is 0 Å². The molecule has 0 aliphatic carbocycles. The Bertz CT molecular complexity index is 1010. The monoisotopic (exact) mass is 557 g/mol. The Hall–Kier alpha value is -2.14. The fraction of sp³-hybridized carbons (Fsp3) is 0.364. The van der Waals surface area contributed by atoms with E-state index in [9.17, 15) is 18.0 Å². The van der Waals surface area contributed by atoms with Gasteiger partial charge in [0.25, 0.3) is 0 Å². The van der Waals surface area contributed by atoms with Crippen LogP contribution >= 0.6 is 22.6 Å². The van der Waals surface area contributed by atoms with Crippen molar-refractivity contribution < 1.29 is 18.0 Å². The Balaban J connectivity index is 2.40. The molecule has 0 heterocycles. The molecule has 2 rings (SSSR count). The van der Waals surface area contributed by atoms with Gasteiger partial charge in [-0.3, -0.25) is 13.9 Å². The summed E-state index contributed by atoms with van der Waals surface area (Å²) >= 11 is 2.13. The van der Waals surface area contributed by atoms with E-state index < -0.39 is 28.5 Å². The molecule has 0 saturated carbocycles. The lowest BCUT2D eigenvalue weighted by Crippen LogP contribution is -2.51. The highest BCUT2D eigenvalue weighted by atomic mass is 127. The summed E-state index contributed by atoms with van der Waals surface area (Å²) in [4.78, 5) is 27.3. The molecule has 2 amide bonds. The number of carbonyl (C=O) groups is 2. The van der Waals surface area contributed by atoms with Crippen LogP contribution in [0.25, 0.3) is 0 Å². The van der Waals surface area contributed by atoms with Gasteiger partial charge in [-0.1, -0.05) is 36.8 Å². The Kier molecular flexibility index (Phi) is 8.87. The van der Waals surface area contributed by atoms with Gasteiger partial charge in [0.1, 0.15) is 12.6 Å². The zero-order valence-electron chi connectivity index (χ0n) is 18.1. The molecule has 7 nitrogen and oxygen atoms in total. The molecule has 0 aliphatic heterocycles. The van der Waals surface area contributed by atoms with Crippen molar-refractivity contribution in [1.82, 2.24) is 10.2 Å². The lowest BCUT2D eigenvalue weighted by molar-refractivity contribution is -0.140. The van der Waals surface area contributed by atoms with Crippen molar-refractivity contribution in [3.8, 4) is 0 Å². The number of benzene rings is 2. The molecule has 168 valence electrons.